The third-order valence-corrected chi connectivity index (χ3v) is 2.41. The summed E-state index contributed by atoms with van der Waals surface area (Å²) in [5.74, 6) is -0.489. The molecule has 4 nitrogen and oxygen atoms in total. The van der Waals surface area contributed by atoms with Crippen LogP contribution in [0, 0.1) is 3.70 Å². The molecule has 1 rings (SSSR count). The maximum atomic E-state index is 12.0. The molecule has 0 unspecified atom stereocenters. The molecule has 0 spiro atoms. The minimum atomic E-state index is -4.83. The highest BCUT2D eigenvalue weighted by molar-refractivity contribution is 14.1. The van der Waals surface area contributed by atoms with Crippen LogP contribution in [0.2, 0.25) is 0 Å². The van der Waals surface area contributed by atoms with Crippen LogP contribution in [0.3, 0.4) is 0 Å². The molecule has 0 saturated heterocycles. The summed E-state index contributed by atoms with van der Waals surface area (Å²) in [4.78, 5) is 3.67. The van der Waals surface area contributed by atoms with Gasteiger partial charge in [-0.2, -0.15) is 0 Å². The van der Waals surface area contributed by atoms with E-state index in [1.165, 1.54) is 7.11 Å². The second kappa shape index (κ2) is 5.04. The number of aromatic nitrogens is 1. The molecule has 0 saturated carbocycles. The zero-order valence-corrected chi connectivity index (χ0v) is 10.2. The minimum absolute atomic E-state index is 0.0739. The van der Waals surface area contributed by atoms with Gasteiger partial charge in [-0.3, -0.25) is 0 Å². The van der Waals surface area contributed by atoms with Crippen LogP contribution in [0.4, 0.5) is 13.2 Å². The molecule has 1 heterocycles. The van der Waals surface area contributed by atoms with Crippen LogP contribution in [-0.2, 0) is 6.61 Å². The summed E-state index contributed by atoms with van der Waals surface area (Å²) < 4.78 is 45.0. The molecule has 0 atom stereocenters. The molecule has 0 aliphatic rings. The van der Waals surface area contributed by atoms with Crippen molar-refractivity contribution in [2.45, 2.75) is 13.0 Å². The first-order valence-corrected chi connectivity index (χ1v) is 5.05. The normalized spacial score (nSPS) is 11.4. The Balaban J connectivity index is 3.19. The number of aliphatic hydroxyl groups is 1. The van der Waals surface area contributed by atoms with E-state index in [9.17, 15) is 13.2 Å². The van der Waals surface area contributed by atoms with Gasteiger partial charge in [0, 0.05) is 0 Å². The van der Waals surface area contributed by atoms with Gasteiger partial charge < -0.3 is 14.6 Å². The van der Waals surface area contributed by atoms with E-state index < -0.39 is 18.7 Å². The maximum Gasteiger partial charge on any atom is 0.573 e. The lowest BCUT2D eigenvalue weighted by Crippen LogP contribution is -2.18. The third-order valence-electron chi connectivity index (χ3n) is 1.64. The molecule has 0 bridgehead atoms. The van der Waals surface area contributed by atoms with Crippen LogP contribution < -0.4 is 9.47 Å². The highest BCUT2D eigenvalue weighted by atomic mass is 127. The van der Waals surface area contributed by atoms with Crippen molar-refractivity contribution >= 4 is 22.6 Å². The Hall–Kier alpha value is -0.770. The molecule has 1 aromatic heterocycles. The predicted octanol–water partition coefficient (Wildman–Crippen LogP) is 2.09. The summed E-state index contributed by atoms with van der Waals surface area (Å²) in [7, 11) is 1.27. The summed E-state index contributed by atoms with van der Waals surface area (Å²) in [5, 5.41) is 8.99. The second-order valence-corrected chi connectivity index (χ2v) is 3.65. The van der Waals surface area contributed by atoms with E-state index in [0.29, 0.717) is 3.70 Å². The first-order chi connectivity index (χ1) is 7.39. The second-order valence-electron chi connectivity index (χ2n) is 2.63. The fraction of sp³-hybridized carbons (Fsp3) is 0.375. The predicted molar refractivity (Wildman–Crippen MR) is 56.1 cm³/mol. The highest BCUT2D eigenvalue weighted by Crippen LogP contribution is 2.34. The van der Waals surface area contributed by atoms with E-state index in [-0.39, 0.29) is 11.3 Å². The lowest BCUT2D eigenvalue weighted by molar-refractivity contribution is -0.275. The van der Waals surface area contributed by atoms with Crippen LogP contribution >= 0.6 is 22.6 Å². The van der Waals surface area contributed by atoms with E-state index in [2.05, 4.69) is 9.72 Å². The van der Waals surface area contributed by atoms with Gasteiger partial charge in [-0.15, -0.1) is 13.2 Å². The Morgan fingerprint density at radius 1 is 1.50 bits per heavy atom. The van der Waals surface area contributed by atoms with E-state index in [4.69, 9.17) is 9.84 Å². The Morgan fingerprint density at radius 2 is 2.12 bits per heavy atom. The standard InChI is InChI=1S/C8H7F3INO3/c1-15-6-4(3-14)5(2-13-7(6)12)16-8(9,10)11/h2,14H,3H2,1H3. The molecular weight excluding hydrogens is 342 g/mol. The Kier molecular flexibility index (Phi) is 4.19. The van der Waals surface area contributed by atoms with Crippen molar-refractivity contribution in [3.8, 4) is 11.5 Å². The largest absolute Gasteiger partial charge is 0.573 e. The van der Waals surface area contributed by atoms with Crippen molar-refractivity contribution in [2.75, 3.05) is 7.11 Å². The van der Waals surface area contributed by atoms with Gasteiger partial charge in [-0.1, -0.05) is 0 Å². The fourth-order valence-corrected chi connectivity index (χ4v) is 1.74. The Morgan fingerprint density at radius 3 is 2.56 bits per heavy atom. The van der Waals surface area contributed by atoms with Crippen molar-refractivity contribution in [3.05, 3.63) is 15.5 Å². The maximum absolute atomic E-state index is 12.0. The topological polar surface area (TPSA) is 51.6 Å². The first kappa shape index (κ1) is 13.3. The van der Waals surface area contributed by atoms with Crippen molar-refractivity contribution in [1.82, 2.24) is 4.98 Å². The first-order valence-electron chi connectivity index (χ1n) is 3.97. The van der Waals surface area contributed by atoms with E-state index in [1.807, 2.05) is 0 Å². The zero-order valence-electron chi connectivity index (χ0n) is 8.01. The lowest BCUT2D eigenvalue weighted by Gasteiger charge is -2.14. The molecule has 90 valence electrons. The summed E-state index contributed by atoms with van der Waals surface area (Å²) in [6, 6.07) is 0. The molecule has 0 radical (unpaired) electrons. The number of hydrogen-bond acceptors (Lipinski definition) is 4. The van der Waals surface area contributed by atoms with Gasteiger partial charge in [0.15, 0.2) is 11.5 Å². The molecule has 0 aromatic carbocycles. The summed E-state index contributed by atoms with van der Waals surface area (Å²) >= 11 is 1.78. The fourth-order valence-electron chi connectivity index (χ4n) is 1.06. The molecule has 0 aliphatic carbocycles. The van der Waals surface area contributed by atoms with E-state index in [1.54, 1.807) is 22.6 Å². The van der Waals surface area contributed by atoms with Gasteiger partial charge in [0.05, 0.1) is 25.5 Å². The number of halogens is 4. The molecule has 8 heteroatoms. The van der Waals surface area contributed by atoms with Crippen LogP contribution in [0.25, 0.3) is 0 Å². The van der Waals surface area contributed by atoms with E-state index in [0.717, 1.165) is 6.20 Å². The van der Waals surface area contributed by atoms with Crippen LogP contribution in [-0.4, -0.2) is 23.6 Å². The number of alkyl halides is 3. The number of nitrogens with zero attached hydrogens (tertiary/aromatic N) is 1. The number of rotatable bonds is 3. The summed E-state index contributed by atoms with van der Waals surface area (Å²) in [6.45, 7) is -0.632. The van der Waals surface area contributed by atoms with Crippen molar-refractivity contribution in [2.24, 2.45) is 0 Å². The van der Waals surface area contributed by atoms with Gasteiger partial charge in [-0.25, -0.2) is 4.98 Å². The van der Waals surface area contributed by atoms with Crippen LogP contribution in [0.15, 0.2) is 6.20 Å². The molecule has 16 heavy (non-hydrogen) atoms. The van der Waals surface area contributed by atoms with Gasteiger partial charge in [0.2, 0.25) is 0 Å². The van der Waals surface area contributed by atoms with Gasteiger partial charge in [0.1, 0.15) is 3.70 Å². The van der Waals surface area contributed by atoms with Crippen molar-refractivity contribution in [3.63, 3.8) is 0 Å². The number of methoxy groups -OCH3 is 1. The molecular formula is C8H7F3INO3. The van der Waals surface area contributed by atoms with E-state index >= 15 is 0 Å². The summed E-state index contributed by atoms with van der Waals surface area (Å²) in [5.41, 5.74) is -0.0841. The summed E-state index contributed by atoms with van der Waals surface area (Å²) in [6.07, 6.45) is -3.94. The zero-order chi connectivity index (χ0) is 12.3. The van der Waals surface area contributed by atoms with Gasteiger partial charge >= 0.3 is 6.36 Å². The average molecular weight is 349 g/mol. The molecule has 1 N–H and O–H groups in total. The molecule has 0 amide bonds. The van der Waals surface area contributed by atoms with Crippen molar-refractivity contribution in [1.29, 1.82) is 0 Å². The smallest absolute Gasteiger partial charge is 0.493 e. The van der Waals surface area contributed by atoms with Crippen molar-refractivity contribution < 1.29 is 27.8 Å². The number of pyridine rings is 1. The minimum Gasteiger partial charge on any atom is -0.493 e. The van der Waals surface area contributed by atoms with Gasteiger partial charge in [-0.05, 0) is 22.6 Å². The number of aliphatic hydroxyl groups excluding tert-OH is 1. The molecule has 0 fully saturated rings. The Bertz CT molecular complexity index is 384. The lowest BCUT2D eigenvalue weighted by atomic mass is 10.2. The molecule has 0 aliphatic heterocycles. The molecule has 1 aromatic rings. The van der Waals surface area contributed by atoms with Gasteiger partial charge in [0.25, 0.3) is 0 Å². The van der Waals surface area contributed by atoms with Crippen LogP contribution in [0.5, 0.6) is 11.5 Å². The SMILES string of the molecule is COc1c(I)ncc(OC(F)(F)F)c1CO. The van der Waals surface area contributed by atoms with Crippen LogP contribution in [0.1, 0.15) is 5.56 Å². The quantitative estimate of drug-likeness (QED) is 0.671. The number of ether oxygens (including phenoxy) is 2. The third kappa shape index (κ3) is 3.11. The Labute approximate surface area is 103 Å². The monoisotopic (exact) mass is 349 g/mol. The average Bonchev–Trinajstić information content (AvgIpc) is 2.18. The number of hydrogen-bond donors (Lipinski definition) is 1. The highest BCUT2D eigenvalue weighted by Gasteiger charge is 2.33.